The van der Waals surface area contributed by atoms with E-state index in [0.29, 0.717) is 17.1 Å². The van der Waals surface area contributed by atoms with Crippen LogP contribution in [0.15, 0.2) is 83.8 Å². The summed E-state index contributed by atoms with van der Waals surface area (Å²) in [5.74, 6) is -1.08. The fourth-order valence-corrected chi connectivity index (χ4v) is 5.65. The summed E-state index contributed by atoms with van der Waals surface area (Å²) in [5.41, 5.74) is 0.170. The molecule has 206 valence electrons. The lowest BCUT2D eigenvalue weighted by molar-refractivity contribution is -0.384. The fourth-order valence-electron chi connectivity index (χ4n) is 4.03. The zero-order chi connectivity index (χ0) is 28.6. The lowest BCUT2D eigenvalue weighted by Gasteiger charge is -2.33. The first-order chi connectivity index (χ1) is 18.6. The maximum Gasteiger partial charge on any atom is 0.271 e. The monoisotopic (exact) mass is 572 g/mol. The van der Waals surface area contributed by atoms with Crippen LogP contribution in [0.3, 0.4) is 0 Å². The van der Waals surface area contributed by atoms with Gasteiger partial charge in [0.25, 0.3) is 15.7 Å². The molecule has 0 bridgehead atoms. The molecule has 0 aliphatic heterocycles. The van der Waals surface area contributed by atoms with Crippen LogP contribution >= 0.6 is 11.6 Å². The van der Waals surface area contributed by atoms with Crippen molar-refractivity contribution in [1.29, 1.82) is 0 Å². The summed E-state index contributed by atoms with van der Waals surface area (Å²) in [7, 11) is -4.33. The molecule has 0 unspecified atom stereocenters. The molecule has 0 saturated carbocycles. The molecule has 3 aromatic rings. The second-order valence-electron chi connectivity index (χ2n) is 8.53. The van der Waals surface area contributed by atoms with E-state index in [9.17, 15) is 28.1 Å². The standard InChI is InChI=1S/C27H29ClN4O6S/c1-3-25(27(34)29-4-2)30(18-20-11-8-9-16-24(20)28)26(33)19-31(21-12-10-13-22(17-21)32(35)36)39(37,38)23-14-6-5-7-15-23/h5-17,25H,3-4,18-19H2,1-2H3,(H,29,34)/t25-/m0/s1. The Morgan fingerprint density at radius 2 is 1.67 bits per heavy atom. The molecular formula is C27H29ClN4O6S. The zero-order valence-corrected chi connectivity index (χ0v) is 23.1. The van der Waals surface area contributed by atoms with Gasteiger partial charge in [-0.25, -0.2) is 8.42 Å². The van der Waals surface area contributed by atoms with Crippen molar-refractivity contribution in [3.05, 3.63) is 99.6 Å². The molecule has 3 rings (SSSR count). The van der Waals surface area contributed by atoms with Crippen LogP contribution in [0.1, 0.15) is 25.8 Å². The number of amides is 2. The van der Waals surface area contributed by atoms with Gasteiger partial charge in [-0.2, -0.15) is 0 Å². The minimum Gasteiger partial charge on any atom is -0.355 e. The third kappa shape index (κ3) is 7.12. The zero-order valence-electron chi connectivity index (χ0n) is 21.5. The van der Waals surface area contributed by atoms with Crippen molar-refractivity contribution in [2.45, 2.75) is 37.8 Å². The normalized spacial score (nSPS) is 11.9. The van der Waals surface area contributed by atoms with Crippen LogP contribution in [0.25, 0.3) is 0 Å². The van der Waals surface area contributed by atoms with Crippen LogP contribution in [-0.4, -0.2) is 49.2 Å². The third-order valence-electron chi connectivity index (χ3n) is 5.97. The topological polar surface area (TPSA) is 130 Å². The number of hydrogen-bond acceptors (Lipinski definition) is 6. The van der Waals surface area contributed by atoms with Crippen molar-refractivity contribution in [2.24, 2.45) is 0 Å². The van der Waals surface area contributed by atoms with E-state index in [4.69, 9.17) is 11.6 Å². The second kappa shape index (κ2) is 13.2. The number of benzene rings is 3. The molecule has 0 saturated heterocycles. The Balaban J connectivity index is 2.10. The van der Waals surface area contributed by atoms with E-state index in [-0.39, 0.29) is 29.2 Å². The first-order valence-corrected chi connectivity index (χ1v) is 14.0. The number of sulfonamides is 1. The number of rotatable bonds is 12. The molecule has 1 atom stereocenters. The van der Waals surface area contributed by atoms with Gasteiger partial charge in [0, 0.05) is 30.2 Å². The number of hydrogen-bond donors (Lipinski definition) is 1. The largest absolute Gasteiger partial charge is 0.355 e. The van der Waals surface area contributed by atoms with E-state index in [1.54, 1.807) is 44.2 Å². The number of anilines is 1. The third-order valence-corrected chi connectivity index (χ3v) is 8.13. The van der Waals surface area contributed by atoms with Crippen molar-refractivity contribution in [1.82, 2.24) is 10.2 Å². The molecule has 3 aromatic carbocycles. The number of likely N-dealkylation sites (N-methyl/N-ethyl adjacent to an activating group) is 1. The Morgan fingerprint density at radius 3 is 2.28 bits per heavy atom. The fraction of sp³-hybridized carbons (Fsp3) is 0.259. The lowest BCUT2D eigenvalue weighted by atomic mass is 10.1. The van der Waals surface area contributed by atoms with Crippen molar-refractivity contribution >= 4 is 44.8 Å². The van der Waals surface area contributed by atoms with Crippen LogP contribution < -0.4 is 9.62 Å². The minimum absolute atomic E-state index is 0.0533. The summed E-state index contributed by atoms with van der Waals surface area (Å²) in [6.45, 7) is 3.07. The highest BCUT2D eigenvalue weighted by atomic mass is 35.5. The van der Waals surface area contributed by atoms with Gasteiger partial charge < -0.3 is 10.2 Å². The molecule has 0 aromatic heterocycles. The number of nitrogens with zero attached hydrogens (tertiary/aromatic N) is 3. The second-order valence-corrected chi connectivity index (χ2v) is 10.8. The number of nitrogens with one attached hydrogen (secondary N) is 1. The van der Waals surface area contributed by atoms with Crippen LogP contribution in [0.5, 0.6) is 0 Å². The van der Waals surface area contributed by atoms with Gasteiger partial charge in [0.15, 0.2) is 0 Å². The summed E-state index contributed by atoms with van der Waals surface area (Å²) >= 11 is 6.35. The number of carbonyl (C=O) groups excluding carboxylic acids is 2. The number of halogens is 1. The molecular weight excluding hydrogens is 544 g/mol. The van der Waals surface area contributed by atoms with Gasteiger partial charge in [-0.15, -0.1) is 0 Å². The SMILES string of the molecule is CCNC(=O)[C@H](CC)N(Cc1ccccc1Cl)C(=O)CN(c1cccc([N+](=O)[O-])c1)S(=O)(=O)c1ccccc1. The maximum absolute atomic E-state index is 13.9. The Kier molecular flexibility index (Phi) is 10.0. The molecule has 10 nitrogen and oxygen atoms in total. The average Bonchev–Trinajstić information content (AvgIpc) is 2.93. The highest BCUT2D eigenvalue weighted by molar-refractivity contribution is 7.92. The molecule has 0 heterocycles. The minimum atomic E-state index is -4.33. The van der Waals surface area contributed by atoms with E-state index in [1.165, 1.54) is 47.4 Å². The predicted octanol–water partition coefficient (Wildman–Crippen LogP) is 4.39. The molecule has 0 radical (unpaired) electrons. The van der Waals surface area contributed by atoms with E-state index < -0.39 is 39.3 Å². The number of carbonyl (C=O) groups is 2. The molecule has 0 aliphatic rings. The Labute approximate surface area is 232 Å². The molecule has 0 fully saturated rings. The first-order valence-electron chi connectivity index (χ1n) is 12.2. The molecule has 39 heavy (non-hydrogen) atoms. The van der Waals surface area contributed by atoms with Crippen LogP contribution in [-0.2, 0) is 26.2 Å². The molecule has 1 N–H and O–H groups in total. The lowest BCUT2D eigenvalue weighted by Crippen LogP contribution is -2.52. The molecule has 2 amide bonds. The van der Waals surface area contributed by atoms with Gasteiger partial charge in [0.05, 0.1) is 15.5 Å². The van der Waals surface area contributed by atoms with Crippen molar-refractivity contribution in [3.63, 3.8) is 0 Å². The first kappa shape index (κ1) is 29.6. The smallest absolute Gasteiger partial charge is 0.271 e. The summed E-state index contributed by atoms with van der Waals surface area (Å²) in [6, 6.07) is 18.4. The Morgan fingerprint density at radius 1 is 1.00 bits per heavy atom. The highest BCUT2D eigenvalue weighted by Gasteiger charge is 2.34. The average molecular weight is 573 g/mol. The van der Waals surface area contributed by atoms with Crippen LogP contribution in [0.4, 0.5) is 11.4 Å². The van der Waals surface area contributed by atoms with E-state index in [0.717, 1.165) is 10.4 Å². The van der Waals surface area contributed by atoms with Gasteiger partial charge in [0.2, 0.25) is 11.8 Å². The molecule has 12 heteroatoms. The summed E-state index contributed by atoms with van der Waals surface area (Å²) in [6.07, 6.45) is 0.254. The number of nitro benzene ring substituents is 1. The quantitative estimate of drug-likeness (QED) is 0.253. The van der Waals surface area contributed by atoms with E-state index in [2.05, 4.69) is 5.32 Å². The molecule has 0 spiro atoms. The van der Waals surface area contributed by atoms with Crippen molar-refractivity contribution in [2.75, 3.05) is 17.4 Å². The predicted molar refractivity (Wildman–Crippen MR) is 149 cm³/mol. The maximum atomic E-state index is 13.9. The summed E-state index contributed by atoms with van der Waals surface area (Å²) in [5, 5.41) is 14.5. The Bertz CT molecular complexity index is 1430. The van der Waals surface area contributed by atoms with E-state index in [1.807, 2.05) is 0 Å². The van der Waals surface area contributed by atoms with Gasteiger partial charge in [-0.3, -0.25) is 24.0 Å². The van der Waals surface area contributed by atoms with Crippen LogP contribution in [0, 0.1) is 10.1 Å². The van der Waals surface area contributed by atoms with Crippen molar-refractivity contribution in [3.8, 4) is 0 Å². The highest BCUT2D eigenvalue weighted by Crippen LogP contribution is 2.28. The van der Waals surface area contributed by atoms with Gasteiger partial charge in [0.1, 0.15) is 12.6 Å². The number of nitro groups is 1. The molecule has 0 aliphatic carbocycles. The van der Waals surface area contributed by atoms with Gasteiger partial charge >= 0.3 is 0 Å². The van der Waals surface area contributed by atoms with E-state index >= 15 is 0 Å². The van der Waals surface area contributed by atoms with Gasteiger partial charge in [-0.1, -0.05) is 61.0 Å². The van der Waals surface area contributed by atoms with Gasteiger partial charge in [-0.05, 0) is 43.2 Å². The number of non-ortho nitro benzene ring substituents is 1. The summed E-state index contributed by atoms with van der Waals surface area (Å²) in [4.78, 5) is 38.8. The Hall–Kier alpha value is -3.96. The summed E-state index contributed by atoms with van der Waals surface area (Å²) < 4.78 is 28.3. The van der Waals surface area contributed by atoms with Crippen molar-refractivity contribution < 1.29 is 22.9 Å². The van der Waals surface area contributed by atoms with Crippen LogP contribution in [0.2, 0.25) is 5.02 Å².